The van der Waals surface area contributed by atoms with Gasteiger partial charge in [0.2, 0.25) is 5.91 Å². The van der Waals surface area contributed by atoms with E-state index < -0.39 is 17.7 Å². The molecule has 0 bridgehead atoms. The monoisotopic (exact) mass is 256 g/mol. The lowest BCUT2D eigenvalue weighted by Crippen LogP contribution is -2.33. The molecule has 3 N–H and O–H groups in total. The Morgan fingerprint density at radius 3 is 2.56 bits per heavy atom. The molecule has 0 spiro atoms. The summed E-state index contributed by atoms with van der Waals surface area (Å²) in [5.74, 6) is -1.53. The molecule has 0 radical (unpaired) electrons. The van der Waals surface area contributed by atoms with E-state index in [1.807, 2.05) is 13.8 Å². The van der Waals surface area contributed by atoms with E-state index in [0.717, 1.165) is 6.07 Å². The van der Waals surface area contributed by atoms with Gasteiger partial charge in [-0.25, -0.2) is 8.78 Å². The summed E-state index contributed by atoms with van der Waals surface area (Å²) in [7, 11) is 0. The van der Waals surface area contributed by atoms with Gasteiger partial charge in [0.1, 0.15) is 11.6 Å². The lowest BCUT2D eigenvalue weighted by atomic mass is 9.95. The molecule has 18 heavy (non-hydrogen) atoms. The molecule has 0 saturated carbocycles. The highest BCUT2D eigenvalue weighted by atomic mass is 19.1. The largest absolute Gasteiger partial charge is 0.349 e. The van der Waals surface area contributed by atoms with Gasteiger partial charge in [-0.15, -0.1) is 0 Å². The molecule has 3 nitrogen and oxygen atoms in total. The molecule has 1 atom stereocenters. The minimum Gasteiger partial charge on any atom is -0.349 e. The first-order chi connectivity index (χ1) is 8.45. The number of rotatable bonds is 5. The maximum absolute atomic E-state index is 13.7. The predicted octanol–water partition coefficient (Wildman–Crippen LogP) is 2.13. The van der Waals surface area contributed by atoms with E-state index in [-0.39, 0.29) is 30.4 Å². The third kappa shape index (κ3) is 3.77. The van der Waals surface area contributed by atoms with Crippen molar-refractivity contribution in [2.24, 2.45) is 11.7 Å². The molecule has 0 aromatic heterocycles. The molecule has 1 unspecified atom stereocenters. The fourth-order valence-electron chi connectivity index (χ4n) is 1.73. The van der Waals surface area contributed by atoms with Crippen LogP contribution < -0.4 is 11.1 Å². The molecule has 0 aliphatic carbocycles. The van der Waals surface area contributed by atoms with Gasteiger partial charge in [0, 0.05) is 24.6 Å². The number of nitrogens with two attached hydrogens (primary N) is 1. The van der Waals surface area contributed by atoms with Crippen LogP contribution in [0.5, 0.6) is 0 Å². The summed E-state index contributed by atoms with van der Waals surface area (Å²) in [5.41, 5.74) is 5.57. The number of carbonyl (C=O) groups excluding carboxylic acids is 1. The number of nitrogens with one attached hydrogen (secondary N) is 1. The smallest absolute Gasteiger partial charge is 0.221 e. The van der Waals surface area contributed by atoms with Crippen molar-refractivity contribution in [2.45, 2.75) is 26.3 Å². The second-order valence-corrected chi connectivity index (χ2v) is 4.49. The minimum absolute atomic E-state index is 0.00770. The van der Waals surface area contributed by atoms with E-state index in [4.69, 9.17) is 5.73 Å². The van der Waals surface area contributed by atoms with Gasteiger partial charge in [-0.2, -0.15) is 0 Å². The summed E-state index contributed by atoms with van der Waals surface area (Å²) < 4.78 is 26.5. The topological polar surface area (TPSA) is 55.1 Å². The van der Waals surface area contributed by atoms with Crippen molar-refractivity contribution in [1.29, 1.82) is 0 Å². The third-order valence-corrected chi connectivity index (χ3v) is 2.65. The molecule has 0 saturated heterocycles. The van der Waals surface area contributed by atoms with Crippen LogP contribution in [-0.2, 0) is 4.79 Å². The Labute approximate surface area is 105 Å². The first-order valence-electron chi connectivity index (χ1n) is 5.90. The summed E-state index contributed by atoms with van der Waals surface area (Å²) in [6.07, 6.45) is 0.187. The second-order valence-electron chi connectivity index (χ2n) is 4.49. The molecular weight excluding hydrogens is 238 g/mol. The maximum Gasteiger partial charge on any atom is 0.221 e. The van der Waals surface area contributed by atoms with Gasteiger partial charge in [0.15, 0.2) is 0 Å². The van der Waals surface area contributed by atoms with Gasteiger partial charge in [-0.05, 0) is 12.0 Å². The summed E-state index contributed by atoms with van der Waals surface area (Å²) in [5, 5.41) is 2.71. The zero-order chi connectivity index (χ0) is 13.7. The fraction of sp³-hybridized carbons (Fsp3) is 0.462. The molecule has 1 aromatic carbocycles. The molecule has 1 amide bonds. The van der Waals surface area contributed by atoms with Gasteiger partial charge < -0.3 is 11.1 Å². The number of halogens is 2. The van der Waals surface area contributed by atoms with Crippen molar-refractivity contribution < 1.29 is 13.6 Å². The Bertz CT molecular complexity index is 421. The van der Waals surface area contributed by atoms with Crippen LogP contribution in [0.1, 0.15) is 31.9 Å². The van der Waals surface area contributed by atoms with E-state index in [0.29, 0.717) is 0 Å². The molecular formula is C13H18F2N2O. The number of amides is 1. The number of carbonyl (C=O) groups is 1. The fourth-order valence-corrected chi connectivity index (χ4v) is 1.73. The molecule has 100 valence electrons. The number of hydrogen-bond donors (Lipinski definition) is 2. The molecule has 0 heterocycles. The highest BCUT2D eigenvalue weighted by Crippen LogP contribution is 2.24. The van der Waals surface area contributed by atoms with Crippen LogP contribution >= 0.6 is 0 Å². The van der Waals surface area contributed by atoms with Crippen LogP contribution in [0.4, 0.5) is 8.78 Å². The van der Waals surface area contributed by atoms with Gasteiger partial charge in [0.05, 0.1) is 6.04 Å². The van der Waals surface area contributed by atoms with E-state index in [1.165, 1.54) is 12.1 Å². The summed E-state index contributed by atoms with van der Waals surface area (Å²) in [6, 6.07) is 2.88. The molecule has 0 fully saturated rings. The van der Waals surface area contributed by atoms with Crippen molar-refractivity contribution in [2.75, 3.05) is 6.54 Å². The van der Waals surface area contributed by atoms with Gasteiger partial charge in [0.25, 0.3) is 0 Å². The summed E-state index contributed by atoms with van der Waals surface area (Å²) >= 11 is 0. The second kappa shape index (κ2) is 6.44. The zero-order valence-electron chi connectivity index (χ0n) is 10.5. The van der Waals surface area contributed by atoms with E-state index in [2.05, 4.69) is 5.32 Å². The molecule has 0 aliphatic rings. The Morgan fingerprint density at radius 2 is 2.06 bits per heavy atom. The van der Waals surface area contributed by atoms with Crippen LogP contribution in [0.25, 0.3) is 0 Å². The third-order valence-electron chi connectivity index (χ3n) is 2.65. The first-order valence-corrected chi connectivity index (χ1v) is 5.90. The Hall–Kier alpha value is -1.49. The van der Waals surface area contributed by atoms with E-state index in [9.17, 15) is 13.6 Å². The van der Waals surface area contributed by atoms with Crippen LogP contribution in [0, 0.1) is 17.6 Å². The van der Waals surface area contributed by atoms with Crippen molar-refractivity contribution in [3.8, 4) is 0 Å². The average Bonchev–Trinajstić information content (AvgIpc) is 2.27. The molecule has 5 heteroatoms. The normalized spacial score (nSPS) is 12.6. The van der Waals surface area contributed by atoms with Gasteiger partial charge in [-0.1, -0.05) is 19.9 Å². The maximum atomic E-state index is 13.7. The lowest BCUT2D eigenvalue weighted by molar-refractivity contribution is -0.122. The predicted molar refractivity (Wildman–Crippen MR) is 65.8 cm³/mol. The van der Waals surface area contributed by atoms with Crippen molar-refractivity contribution in [1.82, 2.24) is 5.32 Å². The van der Waals surface area contributed by atoms with Crippen molar-refractivity contribution >= 4 is 5.91 Å². The SMILES string of the molecule is CC(C)C(NC(=O)CCN)c1ccc(F)cc1F. The highest BCUT2D eigenvalue weighted by molar-refractivity contribution is 5.76. The zero-order valence-corrected chi connectivity index (χ0v) is 10.5. The summed E-state index contributed by atoms with van der Waals surface area (Å²) in [4.78, 5) is 11.5. The van der Waals surface area contributed by atoms with Gasteiger partial charge >= 0.3 is 0 Å². The molecule has 1 aromatic rings. The Kier molecular flexibility index (Phi) is 5.22. The van der Waals surface area contributed by atoms with E-state index in [1.54, 1.807) is 0 Å². The quantitative estimate of drug-likeness (QED) is 0.848. The van der Waals surface area contributed by atoms with Crippen molar-refractivity contribution in [3.05, 3.63) is 35.4 Å². The Balaban J connectivity index is 2.94. The Morgan fingerprint density at radius 1 is 1.39 bits per heavy atom. The average molecular weight is 256 g/mol. The van der Waals surface area contributed by atoms with Crippen LogP contribution in [0.15, 0.2) is 18.2 Å². The highest BCUT2D eigenvalue weighted by Gasteiger charge is 2.21. The first kappa shape index (κ1) is 14.6. The van der Waals surface area contributed by atoms with Crippen LogP contribution in [-0.4, -0.2) is 12.5 Å². The molecule has 0 aliphatic heterocycles. The van der Waals surface area contributed by atoms with Gasteiger partial charge in [-0.3, -0.25) is 4.79 Å². The van der Waals surface area contributed by atoms with Crippen LogP contribution in [0.2, 0.25) is 0 Å². The van der Waals surface area contributed by atoms with Crippen molar-refractivity contribution in [3.63, 3.8) is 0 Å². The molecule has 1 rings (SSSR count). The lowest BCUT2D eigenvalue weighted by Gasteiger charge is -2.23. The number of benzene rings is 1. The van der Waals surface area contributed by atoms with E-state index >= 15 is 0 Å². The minimum atomic E-state index is -0.651. The van der Waals surface area contributed by atoms with Crippen LogP contribution in [0.3, 0.4) is 0 Å². The standard InChI is InChI=1S/C13H18F2N2O/c1-8(2)13(17-12(18)5-6-16)10-4-3-9(14)7-11(10)15/h3-4,7-8,13H,5-6,16H2,1-2H3,(H,17,18). The number of hydrogen-bond acceptors (Lipinski definition) is 2. The summed E-state index contributed by atoms with van der Waals surface area (Å²) in [6.45, 7) is 3.95.